The second-order valence-electron chi connectivity index (χ2n) is 8.17. The highest BCUT2D eigenvalue weighted by molar-refractivity contribution is 7.12. The third-order valence-electron chi connectivity index (χ3n) is 5.52. The van der Waals surface area contributed by atoms with Crippen molar-refractivity contribution in [3.8, 4) is 11.5 Å². The van der Waals surface area contributed by atoms with E-state index in [-0.39, 0.29) is 23.7 Å². The average molecular weight is 439 g/mol. The molecule has 8 heteroatoms. The molecule has 3 aromatic rings. The van der Waals surface area contributed by atoms with Gasteiger partial charge in [-0.2, -0.15) is 4.98 Å². The Morgan fingerprint density at radius 3 is 2.81 bits per heavy atom. The minimum Gasteiger partial charge on any atom is -0.337 e. The maximum atomic E-state index is 13.2. The van der Waals surface area contributed by atoms with E-state index in [0.717, 1.165) is 18.4 Å². The van der Waals surface area contributed by atoms with Crippen molar-refractivity contribution in [2.75, 3.05) is 18.4 Å². The molecule has 0 bridgehead atoms. The molecule has 3 heterocycles. The number of hydrogen-bond acceptors (Lipinski definition) is 6. The lowest BCUT2D eigenvalue weighted by Gasteiger charge is -2.32. The highest BCUT2D eigenvalue weighted by Crippen LogP contribution is 2.31. The Balaban J connectivity index is 1.52. The Hall–Kier alpha value is -3.00. The molecular formula is C23H26N4O3S. The van der Waals surface area contributed by atoms with E-state index in [1.807, 2.05) is 56.5 Å². The van der Waals surface area contributed by atoms with Crippen molar-refractivity contribution in [2.45, 2.75) is 39.5 Å². The van der Waals surface area contributed by atoms with Crippen molar-refractivity contribution in [3.05, 3.63) is 52.0 Å². The third-order valence-corrected chi connectivity index (χ3v) is 6.38. The van der Waals surface area contributed by atoms with Crippen LogP contribution >= 0.6 is 11.3 Å². The predicted molar refractivity (Wildman–Crippen MR) is 120 cm³/mol. The fourth-order valence-electron chi connectivity index (χ4n) is 3.75. The van der Waals surface area contributed by atoms with Crippen LogP contribution < -0.4 is 5.32 Å². The van der Waals surface area contributed by atoms with Gasteiger partial charge >= 0.3 is 0 Å². The Bertz CT molecular complexity index is 1070. The summed E-state index contributed by atoms with van der Waals surface area (Å²) in [5.41, 5.74) is 2.29. The van der Waals surface area contributed by atoms with Crippen molar-refractivity contribution in [2.24, 2.45) is 5.92 Å². The minimum absolute atomic E-state index is 0.00356. The zero-order chi connectivity index (χ0) is 22.0. The zero-order valence-electron chi connectivity index (χ0n) is 17.9. The second-order valence-corrected chi connectivity index (χ2v) is 9.11. The number of thiophene rings is 1. The van der Waals surface area contributed by atoms with Gasteiger partial charge in [-0.05, 0) is 42.8 Å². The zero-order valence-corrected chi connectivity index (χ0v) is 18.7. The first-order valence-corrected chi connectivity index (χ1v) is 11.4. The number of hydrogen-bond donors (Lipinski definition) is 1. The number of aryl methyl sites for hydroxylation is 1. The van der Waals surface area contributed by atoms with Gasteiger partial charge in [0, 0.05) is 19.0 Å². The summed E-state index contributed by atoms with van der Waals surface area (Å²) in [6, 6.07) is 9.40. The van der Waals surface area contributed by atoms with Crippen LogP contribution in [0.1, 0.15) is 53.7 Å². The Morgan fingerprint density at radius 1 is 1.26 bits per heavy atom. The molecule has 0 aliphatic carbocycles. The topological polar surface area (TPSA) is 88.3 Å². The molecule has 2 aromatic heterocycles. The van der Waals surface area contributed by atoms with Crippen LogP contribution in [0, 0.1) is 12.8 Å². The molecule has 1 saturated heterocycles. The molecule has 0 spiro atoms. The molecule has 0 saturated carbocycles. The van der Waals surface area contributed by atoms with Crippen LogP contribution in [-0.2, 0) is 4.79 Å². The summed E-state index contributed by atoms with van der Waals surface area (Å²) in [6.07, 6.45) is 1.55. The molecule has 1 aromatic carbocycles. The van der Waals surface area contributed by atoms with Crippen LogP contribution in [0.3, 0.4) is 0 Å². The molecule has 1 N–H and O–H groups in total. The summed E-state index contributed by atoms with van der Waals surface area (Å²) in [6.45, 7) is 7.03. The number of anilines is 1. The molecule has 1 aliphatic rings. The van der Waals surface area contributed by atoms with Gasteiger partial charge in [0.05, 0.1) is 22.0 Å². The van der Waals surface area contributed by atoms with Crippen LogP contribution in [-0.4, -0.2) is 39.9 Å². The molecule has 1 atom stereocenters. The molecule has 1 aliphatic heterocycles. The maximum Gasteiger partial charge on any atom is 0.263 e. The van der Waals surface area contributed by atoms with Crippen LogP contribution in [0.15, 0.2) is 40.2 Å². The van der Waals surface area contributed by atoms with Gasteiger partial charge < -0.3 is 14.7 Å². The lowest BCUT2D eigenvalue weighted by atomic mass is 9.96. The standard InChI is InChI=1S/C23H26N4O3S/c1-14(2)20-25-22(30-26-20)17-9-4-7-15(3)19(17)24-21(28)16-8-5-11-27(13-16)23(29)18-10-6-12-31-18/h4,6-7,9-10,12,14,16H,5,8,11,13H2,1-3H3,(H,24,28). The van der Waals surface area contributed by atoms with Gasteiger partial charge in [-0.1, -0.05) is 37.2 Å². The van der Waals surface area contributed by atoms with E-state index in [4.69, 9.17) is 4.52 Å². The number of piperidine rings is 1. The van der Waals surface area contributed by atoms with E-state index in [9.17, 15) is 9.59 Å². The molecule has 162 valence electrons. The molecule has 31 heavy (non-hydrogen) atoms. The van der Waals surface area contributed by atoms with Gasteiger partial charge in [0.1, 0.15) is 0 Å². The Morgan fingerprint density at radius 2 is 2.10 bits per heavy atom. The summed E-state index contributed by atoms with van der Waals surface area (Å²) < 4.78 is 5.46. The van der Waals surface area contributed by atoms with E-state index >= 15 is 0 Å². The Labute approximate surface area is 185 Å². The van der Waals surface area contributed by atoms with Gasteiger partial charge in [-0.25, -0.2) is 0 Å². The predicted octanol–water partition coefficient (Wildman–Crippen LogP) is 4.72. The molecule has 1 fully saturated rings. The Kier molecular flexibility index (Phi) is 6.18. The quantitative estimate of drug-likeness (QED) is 0.623. The van der Waals surface area contributed by atoms with E-state index in [1.165, 1.54) is 11.3 Å². The first kappa shape index (κ1) is 21.2. The van der Waals surface area contributed by atoms with Crippen LogP contribution in [0.5, 0.6) is 0 Å². The van der Waals surface area contributed by atoms with Crippen molar-refractivity contribution < 1.29 is 14.1 Å². The molecule has 0 radical (unpaired) electrons. The number of rotatable bonds is 5. The number of nitrogens with one attached hydrogen (secondary N) is 1. The number of benzene rings is 1. The monoisotopic (exact) mass is 438 g/mol. The van der Waals surface area contributed by atoms with Gasteiger partial charge in [0.15, 0.2) is 5.82 Å². The number of carbonyl (C=O) groups excluding carboxylic acids is 2. The molecule has 4 rings (SSSR count). The second kappa shape index (κ2) is 9.01. The fraction of sp³-hybridized carbons (Fsp3) is 0.391. The van der Waals surface area contributed by atoms with E-state index in [2.05, 4.69) is 15.5 Å². The molecule has 1 unspecified atom stereocenters. The highest BCUT2D eigenvalue weighted by Gasteiger charge is 2.30. The average Bonchev–Trinajstić information content (AvgIpc) is 3.47. The summed E-state index contributed by atoms with van der Waals surface area (Å²) >= 11 is 1.43. The van der Waals surface area contributed by atoms with Crippen molar-refractivity contribution in [3.63, 3.8) is 0 Å². The van der Waals surface area contributed by atoms with E-state index in [1.54, 1.807) is 4.90 Å². The van der Waals surface area contributed by atoms with E-state index < -0.39 is 0 Å². The lowest BCUT2D eigenvalue weighted by Crippen LogP contribution is -2.43. The summed E-state index contributed by atoms with van der Waals surface area (Å²) in [5.74, 6) is 0.803. The van der Waals surface area contributed by atoms with Crippen molar-refractivity contribution in [1.29, 1.82) is 0 Å². The van der Waals surface area contributed by atoms with Crippen LogP contribution in [0.25, 0.3) is 11.5 Å². The smallest absolute Gasteiger partial charge is 0.263 e. The van der Waals surface area contributed by atoms with Gasteiger partial charge in [0.2, 0.25) is 5.91 Å². The summed E-state index contributed by atoms with van der Waals surface area (Å²) in [5, 5.41) is 9.01. The first-order chi connectivity index (χ1) is 14.9. The largest absolute Gasteiger partial charge is 0.337 e. The lowest BCUT2D eigenvalue weighted by molar-refractivity contribution is -0.121. The highest BCUT2D eigenvalue weighted by atomic mass is 32.1. The summed E-state index contributed by atoms with van der Waals surface area (Å²) in [7, 11) is 0. The minimum atomic E-state index is -0.265. The SMILES string of the molecule is Cc1cccc(-c2nc(C(C)C)no2)c1NC(=O)C1CCCN(C(=O)c2cccs2)C1. The van der Waals surface area contributed by atoms with Crippen molar-refractivity contribution in [1.82, 2.24) is 15.0 Å². The van der Waals surface area contributed by atoms with Gasteiger partial charge in [-0.15, -0.1) is 11.3 Å². The number of carbonyl (C=O) groups is 2. The molecule has 7 nitrogen and oxygen atoms in total. The number of nitrogens with zero attached hydrogens (tertiary/aromatic N) is 3. The van der Waals surface area contributed by atoms with Crippen LogP contribution in [0.4, 0.5) is 5.69 Å². The van der Waals surface area contributed by atoms with E-state index in [0.29, 0.717) is 40.9 Å². The maximum absolute atomic E-state index is 13.2. The molecule has 2 amide bonds. The number of para-hydroxylation sites is 1. The number of aromatic nitrogens is 2. The van der Waals surface area contributed by atoms with Crippen molar-refractivity contribution >= 4 is 28.8 Å². The van der Waals surface area contributed by atoms with Crippen LogP contribution in [0.2, 0.25) is 0 Å². The fourth-order valence-corrected chi connectivity index (χ4v) is 4.44. The van der Waals surface area contributed by atoms with Gasteiger partial charge in [0.25, 0.3) is 11.8 Å². The molecular weight excluding hydrogens is 412 g/mol. The van der Waals surface area contributed by atoms with Gasteiger partial charge in [-0.3, -0.25) is 9.59 Å². The third kappa shape index (κ3) is 4.54. The first-order valence-electron chi connectivity index (χ1n) is 10.5. The summed E-state index contributed by atoms with van der Waals surface area (Å²) in [4.78, 5) is 32.8. The number of amides is 2. The normalized spacial score (nSPS) is 16.5. The number of likely N-dealkylation sites (tertiary alicyclic amines) is 1.